The Balaban J connectivity index is 1.83. The average Bonchev–Trinajstić information content (AvgIpc) is 2.62. The summed E-state index contributed by atoms with van der Waals surface area (Å²) in [6.45, 7) is 1.71. The molecule has 26 heavy (non-hydrogen) atoms. The largest absolute Gasteiger partial charge is 0.300 e. The van der Waals surface area contributed by atoms with Gasteiger partial charge >= 0.3 is 0 Å². The number of likely N-dealkylation sites (N-methyl/N-ethyl adjacent to an activating group) is 1. The van der Waals surface area contributed by atoms with Crippen LogP contribution in [0.3, 0.4) is 0 Å². The highest BCUT2D eigenvalue weighted by molar-refractivity contribution is 8.13. The first-order valence-corrected chi connectivity index (χ1v) is 9.50. The first-order valence-electron chi connectivity index (χ1n) is 8.14. The molecule has 0 amide bonds. The molecule has 1 heterocycles. The van der Waals surface area contributed by atoms with E-state index in [1.165, 1.54) is 11.8 Å². The van der Waals surface area contributed by atoms with E-state index in [1.807, 2.05) is 43.4 Å². The first-order chi connectivity index (χ1) is 12.5. The number of rotatable bonds is 9. The van der Waals surface area contributed by atoms with Crippen molar-refractivity contribution in [3.8, 4) is 0 Å². The second-order valence-corrected chi connectivity index (χ2v) is 7.20. The van der Waals surface area contributed by atoms with Crippen molar-refractivity contribution in [2.75, 3.05) is 26.7 Å². The first kappa shape index (κ1) is 20.4. The number of nitro groups is 1. The van der Waals surface area contributed by atoms with Crippen molar-refractivity contribution in [3.63, 3.8) is 0 Å². The Morgan fingerprint density at radius 3 is 2.69 bits per heavy atom. The van der Waals surface area contributed by atoms with Gasteiger partial charge in [0, 0.05) is 30.0 Å². The van der Waals surface area contributed by atoms with Crippen molar-refractivity contribution >= 4 is 28.4 Å². The lowest BCUT2D eigenvalue weighted by molar-refractivity contribution is -0.462. The minimum Gasteiger partial charge on any atom is -0.300 e. The Bertz CT molecular complexity index is 726. The van der Waals surface area contributed by atoms with Crippen molar-refractivity contribution in [1.29, 1.82) is 0 Å². The molecule has 0 spiro atoms. The topological polar surface area (TPSA) is 71.6 Å². The number of hydrogen-bond acceptors (Lipinski definition) is 6. The zero-order chi connectivity index (χ0) is 18.8. The van der Waals surface area contributed by atoms with Gasteiger partial charge in [-0.2, -0.15) is 0 Å². The molecule has 1 aromatic heterocycles. The second-order valence-electron chi connectivity index (χ2n) is 5.77. The summed E-state index contributed by atoms with van der Waals surface area (Å²) in [6.07, 6.45) is 1.75. The Morgan fingerprint density at radius 2 is 2.04 bits per heavy atom. The van der Waals surface area contributed by atoms with Gasteiger partial charge in [-0.1, -0.05) is 59.8 Å². The Morgan fingerprint density at radius 1 is 1.27 bits per heavy atom. The third-order valence-electron chi connectivity index (χ3n) is 3.52. The van der Waals surface area contributed by atoms with Crippen molar-refractivity contribution in [2.45, 2.75) is 12.3 Å². The highest BCUT2D eigenvalue weighted by Crippen LogP contribution is 2.14. The number of aromatic nitrogens is 1. The maximum Gasteiger partial charge on any atom is 0.251 e. The summed E-state index contributed by atoms with van der Waals surface area (Å²) in [7, 11) is 1.98. The standard InChI is InChI=1S/C18H21ClN4O2S/c1-22(12-16-7-8-17(19)21-11-16)10-9-20-18(13-23(24)25)26-14-15-5-3-2-4-6-15/h2-8,11H,9-10,12-14H2,1H3. The van der Waals surface area contributed by atoms with Crippen molar-refractivity contribution < 1.29 is 4.92 Å². The number of nitrogens with zero attached hydrogens (tertiary/aromatic N) is 4. The van der Waals surface area contributed by atoms with Gasteiger partial charge in [-0.15, -0.1) is 0 Å². The summed E-state index contributed by atoms with van der Waals surface area (Å²) < 4.78 is 0. The normalized spacial score (nSPS) is 11.7. The van der Waals surface area contributed by atoms with Crippen LogP contribution in [0.2, 0.25) is 5.15 Å². The van der Waals surface area contributed by atoms with E-state index in [-0.39, 0.29) is 11.5 Å². The van der Waals surface area contributed by atoms with Gasteiger partial charge in [0.2, 0.25) is 0 Å². The molecular formula is C18H21ClN4O2S. The minimum atomic E-state index is -0.333. The fourth-order valence-corrected chi connectivity index (χ4v) is 3.25. The van der Waals surface area contributed by atoms with E-state index in [4.69, 9.17) is 11.6 Å². The van der Waals surface area contributed by atoms with Crippen LogP contribution in [0.25, 0.3) is 0 Å². The zero-order valence-corrected chi connectivity index (χ0v) is 16.1. The SMILES string of the molecule is CN(CCN=C(C[N+](=O)[O-])SCc1ccccc1)Cc1ccc(Cl)nc1. The molecule has 0 N–H and O–H groups in total. The van der Waals surface area contributed by atoms with Crippen LogP contribution in [0.1, 0.15) is 11.1 Å². The van der Waals surface area contributed by atoms with E-state index in [2.05, 4.69) is 14.9 Å². The fraction of sp³-hybridized carbons (Fsp3) is 0.333. The van der Waals surface area contributed by atoms with Crippen molar-refractivity contribution in [2.24, 2.45) is 4.99 Å². The monoisotopic (exact) mass is 392 g/mol. The van der Waals surface area contributed by atoms with Crippen LogP contribution in [-0.4, -0.2) is 46.5 Å². The number of benzene rings is 1. The van der Waals surface area contributed by atoms with E-state index in [0.29, 0.717) is 29.0 Å². The molecule has 6 nitrogen and oxygen atoms in total. The van der Waals surface area contributed by atoms with Gasteiger partial charge in [0.1, 0.15) is 10.2 Å². The second kappa shape index (κ2) is 10.9. The van der Waals surface area contributed by atoms with E-state index in [1.54, 1.807) is 12.3 Å². The predicted molar refractivity (Wildman–Crippen MR) is 107 cm³/mol. The maximum atomic E-state index is 10.9. The van der Waals surface area contributed by atoms with Crippen LogP contribution in [0.15, 0.2) is 53.7 Å². The number of halogens is 1. The van der Waals surface area contributed by atoms with Gasteiger partial charge in [-0.3, -0.25) is 15.1 Å². The van der Waals surface area contributed by atoms with Crippen LogP contribution in [-0.2, 0) is 12.3 Å². The smallest absolute Gasteiger partial charge is 0.251 e. The molecule has 0 fully saturated rings. The highest BCUT2D eigenvalue weighted by atomic mass is 35.5. The van der Waals surface area contributed by atoms with Crippen LogP contribution in [0.4, 0.5) is 0 Å². The molecular weight excluding hydrogens is 372 g/mol. The number of hydrogen-bond donors (Lipinski definition) is 0. The summed E-state index contributed by atoms with van der Waals surface area (Å²) in [5.74, 6) is 0.680. The zero-order valence-electron chi connectivity index (χ0n) is 14.5. The molecule has 0 radical (unpaired) electrons. The van der Waals surface area contributed by atoms with Gasteiger partial charge in [0.25, 0.3) is 6.54 Å². The molecule has 0 aliphatic rings. The van der Waals surface area contributed by atoms with Crippen molar-refractivity contribution in [1.82, 2.24) is 9.88 Å². The molecule has 0 unspecified atom stereocenters. The Kier molecular flexibility index (Phi) is 8.53. The van der Waals surface area contributed by atoms with E-state index in [0.717, 1.165) is 17.7 Å². The molecule has 0 saturated carbocycles. The average molecular weight is 393 g/mol. The lowest BCUT2D eigenvalue weighted by atomic mass is 10.2. The quantitative estimate of drug-likeness (QED) is 0.213. The van der Waals surface area contributed by atoms with E-state index in [9.17, 15) is 10.1 Å². The summed E-state index contributed by atoms with van der Waals surface area (Å²) in [4.78, 5) is 21.1. The van der Waals surface area contributed by atoms with E-state index < -0.39 is 0 Å². The summed E-state index contributed by atoms with van der Waals surface area (Å²) in [6, 6.07) is 13.6. The van der Waals surface area contributed by atoms with Gasteiger partial charge in [0.05, 0.1) is 6.54 Å². The van der Waals surface area contributed by atoms with E-state index >= 15 is 0 Å². The molecule has 138 valence electrons. The molecule has 0 atom stereocenters. The number of pyridine rings is 1. The number of thioether (sulfide) groups is 1. The Hall–Kier alpha value is -1.96. The molecule has 8 heteroatoms. The fourth-order valence-electron chi connectivity index (χ4n) is 2.23. The van der Waals surface area contributed by atoms with Crippen LogP contribution < -0.4 is 0 Å². The minimum absolute atomic E-state index is 0.234. The van der Waals surface area contributed by atoms with Crippen LogP contribution in [0, 0.1) is 10.1 Å². The molecule has 0 aliphatic carbocycles. The summed E-state index contributed by atoms with van der Waals surface area (Å²) in [5, 5.41) is 11.9. The van der Waals surface area contributed by atoms with Gasteiger partial charge < -0.3 is 4.90 Å². The molecule has 0 bridgehead atoms. The van der Waals surface area contributed by atoms with Gasteiger partial charge in [0.15, 0.2) is 0 Å². The highest BCUT2D eigenvalue weighted by Gasteiger charge is 2.09. The van der Waals surface area contributed by atoms with Crippen LogP contribution in [0.5, 0.6) is 0 Å². The third kappa shape index (κ3) is 7.95. The summed E-state index contributed by atoms with van der Waals surface area (Å²) in [5.41, 5.74) is 2.19. The number of aliphatic imine (C=N–C) groups is 1. The molecule has 0 saturated heterocycles. The predicted octanol–water partition coefficient (Wildman–Crippen LogP) is 3.78. The molecule has 1 aromatic carbocycles. The van der Waals surface area contributed by atoms with Crippen LogP contribution >= 0.6 is 23.4 Å². The lowest BCUT2D eigenvalue weighted by Gasteiger charge is -2.15. The summed E-state index contributed by atoms with van der Waals surface area (Å²) >= 11 is 7.21. The molecule has 2 aromatic rings. The third-order valence-corrected chi connectivity index (χ3v) is 4.82. The Labute approximate surface area is 162 Å². The molecule has 2 rings (SSSR count). The van der Waals surface area contributed by atoms with Gasteiger partial charge in [-0.25, -0.2) is 4.98 Å². The van der Waals surface area contributed by atoms with Crippen molar-refractivity contribution in [3.05, 3.63) is 75.1 Å². The van der Waals surface area contributed by atoms with Gasteiger partial charge in [-0.05, 0) is 24.2 Å². The molecule has 0 aliphatic heterocycles. The lowest BCUT2D eigenvalue weighted by Crippen LogP contribution is -2.22. The maximum absolute atomic E-state index is 10.9.